The minimum Gasteiger partial charge on any atom is -0.381 e. The molecule has 2 rings (SSSR count). The van der Waals surface area contributed by atoms with E-state index < -0.39 is 0 Å². The van der Waals surface area contributed by atoms with Crippen LogP contribution in [0.5, 0.6) is 0 Å². The van der Waals surface area contributed by atoms with E-state index in [2.05, 4.69) is 25.8 Å². The lowest BCUT2D eigenvalue weighted by atomic mass is 9.72. The Bertz CT molecular complexity index is 253. The minimum absolute atomic E-state index is 0.399. The molecule has 0 spiro atoms. The zero-order chi connectivity index (χ0) is 13.8. The largest absolute Gasteiger partial charge is 0.381 e. The summed E-state index contributed by atoms with van der Waals surface area (Å²) in [6, 6.07) is 0.399. The van der Waals surface area contributed by atoms with E-state index in [0.717, 1.165) is 31.0 Å². The number of nitrogens with zero attached hydrogens (tertiary/aromatic N) is 1. The number of hydrogen-bond acceptors (Lipinski definition) is 3. The third-order valence-corrected chi connectivity index (χ3v) is 5.16. The van der Waals surface area contributed by atoms with E-state index in [0.29, 0.717) is 12.0 Å². The monoisotopic (exact) mass is 268 g/mol. The van der Waals surface area contributed by atoms with Gasteiger partial charge in [0.05, 0.1) is 0 Å². The van der Waals surface area contributed by atoms with E-state index in [1.54, 1.807) is 0 Å². The highest BCUT2D eigenvalue weighted by Crippen LogP contribution is 2.33. The van der Waals surface area contributed by atoms with E-state index in [1.807, 2.05) is 0 Å². The average molecular weight is 268 g/mol. The number of nitrogens with two attached hydrogens (primary N) is 1. The van der Waals surface area contributed by atoms with E-state index >= 15 is 0 Å². The predicted molar refractivity (Wildman–Crippen MR) is 80.1 cm³/mol. The first kappa shape index (κ1) is 15.3. The number of rotatable bonds is 4. The van der Waals surface area contributed by atoms with Crippen LogP contribution in [0, 0.1) is 23.7 Å². The van der Waals surface area contributed by atoms with Gasteiger partial charge in [0.25, 0.3) is 0 Å². The fourth-order valence-electron chi connectivity index (χ4n) is 4.09. The molecule has 0 aromatic rings. The van der Waals surface area contributed by atoms with Crippen LogP contribution in [-0.2, 0) is 4.74 Å². The van der Waals surface area contributed by atoms with Crippen molar-refractivity contribution in [2.24, 2.45) is 29.4 Å². The maximum absolute atomic E-state index is 6.39. The van der Waals surface area contributed by atoms with Gasteiger partial charge < -0.3 is 15.4 Å². The molecule has 1 saturated carbocycles. The molecule has 4 atom stereocenters. The molecule has 1 saturated heterocycles. The van der Waals surface area contributed by atoms with Gasteiger partial charge in [-0.05, 0) is 56.4 Å². The summed E-state index contributed by atoms with van der Waals surface area (Å²) in [5.74, 6) is 3.09. The van der Waals surface area contributed by atoms with Crippen LogP contribution in [-0.4, -0.2) is 44.3 Å². The Morgan fingerprint density at radius 2 is 1.79 bits per heavy atom. The van der Waals surface area contributed by atoms with Crippen LogP contribution in [0.2, 0.25) is 0 Å². The second-order valence-corrected chi connectivity index (χ2v) is 7.16. The van der Waals surface area contributed by atoms with Crippen LogP contribution in [0.15, 0.2) is 0 Å². The van der Waals surface area contributed by atoms with Crippen LogP contribution in [0.4, 0.5) is 0 Å². The first-order valence-corrected chi connectivity index (χ1v) is 8.08. The van der Waals surface area contributed by atoms with Gasteiger partial charge in [-0.15, -0.1) is 0 Å². The van der Waals surface area contributed by atoms with Gasteiger partial charge >= 0.3 is 0 Å². The SMILES string of the molecule is CC1CC(C)C(CN(C)CC2CCOCC2)C(N)C1. The molecule has 3 nitrogen and oxygen atoms in total. The van der Waals surface area contributed by atoms with Gasteiger partial charge in [0, 0.05) is 32.3 Å². The third-order valence-electron chi connectivity index (χ3n) is 5.16. The van der Waals surface area contributed by atoms with Crippen molar-refractivity contribution in [3.8, 4) is 0 Å². The Morgan fingerprint density at radius 3 is 2.42 bits per heavy atom. The summed E-state index contributed by atoms with van der Waals surface area (Å²) in [5, 5.41) is 0. The molecule has 0 amide bonds. The molecule has 0 radical (unpaired) electrons. The van der Waals surface area contributed by atoms with Crippen molar-refractivity contribution >= 4 is 0 Å². The molecular weight excluding hydrogens is 236 g/mol. The van der Waals surface area contributed by atoms with E-state index in [9.17, 15) is 0 Å². The van der Waals surface area contributed by atoms with Crippen molar-refractivity contribution in [2.75, 3.05) is 33.4 Å². The topological polar surface area (TPSA) is 38.5 Å². The molecule has 0 aromatic heterocycles. The Morgan fingerprint density at radius 1 is 1.11 bits per heavy atom. The first-order valence-electron chi connectivity index (χ1n) is 8.08. The average Bonchev–Trinajstić information content (AvgIpc) is 2.35. The van der Waals surface area contributed by atoms with Gasteiger partial charge in [-0.25, -0.2) is 0 Å². The first-order chi connectivity index (χ1) is 9.06. The quantitative estimate of drug-likeness (QED) is 0.850. The summed E-state index contributed by atoms with van der Waals surface area (Å²) < 4.78 is 5.44. The molecule has 19 heavy (non-hydrogen) atoms. The van der Waals surface area contributed by atoms with Crippen LogP contribution in [0.1, 0.15) is 39.5 Å². The van der Waals surface area contributed by atoms with Crippen molar-refractivity contribution in [3.63, 3.8) is 0 Å². The maximum atomic E-state index is 6.39. The van der Waals surface area contributed by atoms with Crippen LogP contribution < -0.4 is 5.73 Å². The van der Waals surface area contributed by atoms with Crippen molar-refractivity contribution in [3.05, 3.63) is 0 Å². The lowest BCUT2D eigenvalue weighted by Gasteiger charge is -2.40. The van der Waals surface area contributed by atoms with Gasteiger partial charge in [0.2, 0.25) is 0 Å². The standard InChI is InChI=1S/C16H32N2O/c1-12-8-13(2)15(16(17)9-12)11-18(3)10-14-4-6-19-7-5-14/h12-16H,4-11,17H2,1-3H3. The summed E-state index contributed by atoms with van der Waals surface area (Å²) in [5.41, 5.74) is 6.39. The third kappa shape index (κ3) is 4.44. The van der Waals surface area contributed by atoms with E-state index in [1.165, 1.54) is 38.8 Å². The zero-order valence-corrected chi connectivity index (χ0v) is 13.0. The normalized spacial score (nSPS) is 37.7. The molecule has 1 aliphatic carbocycles. The van der Waals surface area contributed by atoms with Crippen molar-refractivity contribution < 1.29 is 4.74 Å². The highest BCUT2D eigenvalue weighted by molar-refractivity contribution is 4.87. The predicted octanol–water partition coefficient (Wildman–Crippen LogP) is 2.35. The Kier molecular flexibility index (Phi) is 5.67. The summed E-state index contributed by atoms with van der Waals surface area (Å²) in [4.78, 5) is 2.52. The van der Waals surface area contributed by atoms with Gasteiger partial charge in [-0.1, -0.05) is 13.8 Å². The summed E-state index contributed by atoms with van der Waals surface area (Å²) in [6.45, 7) is 9.03. The second-order valence-electron chi connectivity index (χ2n) is 7.16. The molecule has 0 bridgehead atoms. The zero-order valence-electron chi connectivity index (χ0n) is 13.0. The second kappa shape index (κ2) is 7.05. The highest BCUT2D eigenvalue weighted by Gasteiger charge is 2.32. The molecule has 1 aliphatic heterocycles. The van der Waals surface area contributed by atoms with Crippen LogP contribution >= 0.6 is 0 Å². The fraction of sp³-hybridized carbons (Fsp3) is 1.00. The van der Waals surface area contributed by atoms with Gasteiger partial charge in [-0.2, -0.15) is 0 Å². The van der Waals surface area contributed by atoms with E-state index in [-0.39, 0.29) is 0 Å². The Hall–Kier alpha value is -0.120. The van der Waals surface area contributed by atoms with Crippen molar-refractivity contribution in [1.82, 2.24) is 4.90 Å². The fourth-order valence-corrected chi connectivity index (χ4v) is 4.09. The van der Waals surface area contributed by atoms with Gasteiger partial charge in [-0.3, -0.25) is 0 Å². The van der Waals surface area contributed by atoms with Crippen molar-refractivity contribution in [1.29, 1.82) is 0 Å². The molecule has 112 valence electrons. The molecule has 2 fully saturated rings. The molecule has 2 aliphatic rings. The number of ether oxygens (including phenoxy) is 1. The maximum Gasteiger partial charge on any atom is 0.0469 e. The minimum atomic E-state index is 0.399. The van der Waals surface area contributed by atoms with Gasteiger partial charge in [0.1, 0.15) is 0 Å². The molecule has 4 unspecified atom stereocenters. The van der Waals surface area contributed by atoms with Gasteiger partial charge in [0.15, 0.2) is 0 Å². The highest BCUT2D eigenvalue weighted by atomic mass is 16.5. The summed E-state index contributed by atoms with van der Waals surface area (Å²) in [6.07, 6.45) is 5.02. The van der Waals surface area contributed by atoms with E-state index in [4.69, 9.17) is 10.5 Å². The summed E-state index contributed by atoms with van der Waals surface area (Å²) >= 11 is 0. The van der Waals surface area contributed by atoms with Crippen molar-refractivity contribution in [2.45, 2.75) is 45.6 Å². The smallest absolute Gasteiger partial charge is 0.0469 e. The van der Waals surface area contributed by atoms with Crippen LogP contribution in [0.25, 0.3) is 0 Å². The summed E-state index contributed by atoms with van der Waals surface area (Å²) in [7, 11) is 2.27. The lowest BCUT2D eigenvalue weighted by molar-refractivity contribution is 0.0488. The molecular formula is C16H32N2O. The lowest BCUT2D eigenvalue weighted by Crippen LogP contribution is -2.46. The number of hydrogen-bond donors (Lipinski definition) is 1. The Labute approximate surface area is 118 Å². The molecule has 0 aromatic carbocycles. The Balaban J connectivity index is 1.78. The molecule has 3 heteroatoms. The molecule has 2 N–H and O–H groups in total. The molecule has 1 heterocycles. The van der Waals surface area contributed by atoms with Crippen LogP contribution in [0.3, 0.4) is 0 Å².